The van der Waals surface area contributed by atoms with Gasteiger partial charge in [-0.25, -0.2) is 14.2 Å². The average Bonchev–Trinajstić information content (AvgIpc) is 3.39. The van der Waals surface area contributed by atoms with E-state index in [2.05, 4.69) is 9.72 Å². The fourth-order valence-corrected chi connectivity index (χ4v) is 4.94. The lowest BCUT2D eigenvalue weighted by Crippen LogP contribution is -2.50. The number of aromatic nitrogens is 2. The van der Waals surface area contributed by atoms with Crippen molar-refractivity contribution in [3.8, 4) is 22.9 Å². The van der Waals surface area contributed by atoms with E-state index in [1.807, 2.05) is 9.47 Å². The summed E-state index contributed by atoms with van der Waals surface area (Å²) in [6.45, 7) is 1.57. The third-order valence-electron chi connectivity index (χ3n) is 6.83. The fraction of sp³-hybridized carbons (Fsp3) is 0.200. The van der Waals surface area contributed by atoms with Crippen LogP contribution in [0.5, 0.6) is 5.75 Å². The molecule has 0 unspecified atom stereocenters. The number of rotatable bonds is 7. The molecule has 3 aromatic carbocycles. The van der Waals surface area contributed by atoms with Crippen LogP contribution in [0.3, 0.4) is 0 Å². The van der Waals surface area contributed by atoms with Gasteiger partial charge in [0, 0.05) is 43.0 Å². The highest BCUT2D eigenvalue weighted by Crippen LogP contribution is 2.36. The third-order valence-corrected chi connectivity index (χ3v) is 7.06. The number of ether oxygens (including phenoxy) is 1. The molecule has 0 N–H and O–H groups in total. The molecule has 0 bridgehead atoms. The van der Waals surface area contributed by atoms with Crippen LogP contribution in [-0.2, 0) is 22.7 Å². The number of carbonyl (C=O) groups excluding carboxylic acids is 2. The van der Waals surface area contributed by atoms with Crippen LogP contribution >= 0.6 is 11.6 Å². The zero-order chi connectivity index (χ0) is 30.7. The number of nitriles is 1. The van der Waals surface area contributed by atoms with Crippen LogP contribution in [0.1, 0.15) is 16.8 Å². The Kier molecular flexibility index (Phi) is 8.47. The lowest BCUT2D eigenvalue weighted by molar-refractivity contribution is -0.189. The number of alkyl halides is 3. The van der Waals surface area contributed by atoms with Gasteiger partial charge in [-0.05, 0) is 47.5 Å². The Morgan fingerprint density at radius 1 is 1.07 bits per heavy atom. The highest BCUT2D eigenvalue weighted by Gasteiger charge is 2.41. The largest absolute Gasteiger partial charge is 0.491 e. The van der Waals surface area contributed by atoms with Gasteiger partial charge in [0.2, 0.25) is 5.91 Å². The molecule has 1 aromatic heterocycles. The molecule has 5 rings (SSSR count). The molecule has 1 aliphatic rings. The van der Waals surface area contributed by atoms with Gasteiger partial charge in [-0.3, -0.25) is 9.69 Å². The third kappa shape index (κ3) is 6.85. The molecule has 13 heteroatoms. The van der Waals surface area contributed by atoms with Gasteiger partial charge < -0.3 is 14.2 Å². The Bertz CT molecular complexity index is 1730. The minimum atomic E-state index is -5.15. The van der Waals surface area contributed by atoms with Crippen molar-refractivity contribution < 1.29 is 31.9 Å². The van der Waals surface area contributed by atoms with Crippen LogP contribution in [0.25, 0.3) is 11.1 Å². The summed E-state index contributed by atoms with van der Waals surface area (Å²) < 4.78 is 58.5. The van der Waals surface area contributed by atoms with Gasteiger partial charge in [-0.2, -0.15) is 18.4 Å². The van der Waals surface area contributed by atoms with E-state index in [4.69, 9.17) is 16.9 Å². The van der Waals surface area contributed by atoms with Crippen molar-refractivity contribution in [1.82, 2.24) is 14.5 Å². The average molecular weight is 612 g/mol. The summed E-state index contributed by atoms with van der Waals surface area (Å²) in [6, 6.07) is 16.6. The van der Waals surface area contributed by atoms with Crippen LogP contribution in [0.4, 0.5) is 23.2 Å². The Morgan fingerprint density at radius 2 is 1.88 bits per heavy atom. The van der Waals surface area contributed by atoms with E-state index in [1.54, 1.807) is 53.8 Å². The van der Waals surface area contributed by atoms with E-state index in [1.165, 1.54) is 30.3 Å². The summed E-state index contributed by atoms with van der Waals surface area (Å²) in [6.07, 6.45) is -1.86. The van der Waals surface area contributed by atoms with E-state index in [9.17, 15) is 27.2 Å². The first kappa shape index (κ1) is 29.8. The van der Waals surface area contributed by atoms with Crippen LogP contribution < -0.4 is 9.64 Å². The van der Waals surface area contributed by atoms with Crippen molar-refractivity contribution in [2.24, 2.45) is 0 Å². The van der Waals surface area contributed by atoms with Gasteiger partial charge in [-0.15, -0.1) is 0 Å². The summed E-state index contributed by atoms with van der Waals surface area (Å²) in [7, 11) is 0. The van der Waals surface area contributed by atoms with Crippen molar-refractivity contribution >= 4 is 29.2 Å². The minimum absolute atomic E-state index is 0.0357. The Labute approximate surface area is 248 Å². The van der Waals surface area contributed by atoms with Gasteiger partial charge in [0.15, 0.2) is 0 Å². The minimum Gasteiger partial charge on any atom is -0.420 e. The number of imidazole rings is 1. The number of esters is 1. The smallest absolute Gasteiger partial charge is 0.420 e. The van der Waals surface area contributed by atoms with Crippen molar-refractivity contribution in [1.29, 1.82) is 5.26 Å². The SMILES string of the molecule is N#Cc1ccc(Cn2cncc2CN2CCN(c3cc(Cl)ccc3-c3cccc(OC(=O)C(F)(F)F)c3)C(=O)C2)cc1F. The normalized spacial score (nSPS) is 14.0. The molecule has 4 aromatic rings. The lowest BCUT2D eigenvalue weighted by Gasteiger charge is -2.35. The molecule has 0 saturated carbocycles. The summed E-state index contributed by atoms with van der Waals surface area (Å²) >= 11 is 6.26. The Hall–Kier alpha value is -4.73. The summed E-state index contributed by atoms with van der Waals surface area (Å²) in [5.41, 5.74) is 2.83. The number of benzene rings is 3. The lowest BCUT2D eigenvalue weighted by atomic mass is 10.0. The molecular weight excluding hydrogens is 590 g/mol. The molecule has 0 atom stereocenters. The maximum Gasteiger partial charge on any atom is 0.491 e. The van der Waals surface area contributed by atoms with Crippen molar-refractivity contribution in [3.63, 3.8) is 0 Å². The number of hydrogen-bond acceptors (Lipinski definition) is 6. The standard InChI is InChI=1S/C30H22ClF4N5O3/c31-22-6-7-25(20-2-1-3-24(11-20)43-29(42)30(33,34)35)27(12-22)40-9-8-38(17-28(40)41)16-23-14-37-18-39(23)15-19-4-5-21(13-36)26(32)10-19/h1-7,10-12,14,18H,8-9,15-17H2. The monoisotopic (exact) mass is 611 g/mol. The second-order valence-corrected chi connectivity index (χ2v) is 10.2. The van der Waals surface area contributed by atoms with E-state index >= 15 is 0 Å². The molecule has 2 heterocycles. The zero-order valence-electron chi connectivity index (χ0n) is 22.3. The summed E-state index contributed by atoms with van der Waals surface area (Å²) in [5.74, 6) is -3.46. The second-order valence-electron chi connectivity index (χ2n) is 9.77. The number of amides is 1. The Balaban J connectivity index is 1.31. The topological polar surface area (TPSA) is 91.5 Å². The molecular formula is C30H22ClF4N5O3. The van der Waals surface area contributed by atoms with E-state index < -0.39 is 18.0 Å². The fourth-order valence-electron chi connectivity index (χ4n) is 4.77. The first-order valence-electron chi connectivity index (χ1n) is 12.9. The van der Waals surface area contributed by atoms with E-state index in [-0.39, 0.29) is 23.8 Å². The number of nitrogens with zero attached hydrogens (tertiary/aromatic N) is 5. The molecule has 8 nitrogen and oxygen atoms in total. The maximum atomic E-state index is 14.1. The van der Waals surface area contributed by atoms with Gasteiger partial charge in [-0.1, -0.05) is 35.9 Å². The molecule has 1 fully saturated rings. The maximum absolute atomic E-state index is 14.1. The number of halogens is 5. The quantitative estimate of drug-likeness (QED) is 0.154. The molecule has 0 aliphatic carbocycles. The molecule has 1 aliphatic heterocycles. The first-order valence-corrected chi connectivity index (χ1v) is 13.3. The van der Waals surface area contributed by atoms with Crippen molar-refractivity contribution in [3.05, 3.63) is 101 Å². The first-order chi connectivity index (χ1) is 20.5. The van der Waals surface area contributed by atoms with Crippen LogP contribution in [0, 0.1) is 17.1 Å². The zero-order valence-corrected chi connectivity index (χ0v) is 23.1. The highest BCUT2D eigenvalue weighted by atomic mass is 35.5. The van der Waals surface area contributed by atoms with Crippen molar-refractivity contribution in [2.45, 2.75) is 19.3 Å². The van der Waals surface area contributed by atoms with Crippen LogP contribution in [0.15, 0.2) is 73.2 Å². The van der Waals surface area contributed by atoms with Gasteiger partial charge in [0.05, 0.1) is 29.8 Å². The van der Waals surface area contributed by atoms with Crippen LogP contribution in [-0.4, -0.2) is 52.1 Å². The highest BCUT2D eigenvalue weighted by molar-refractivity contribution is 6.31. The van der Waals surface area contributed by atoms with Crippen LogP contribution in [0.2, 0.25) is 5.02 Å². The summed E-state index contributed by atoms with van der Waals surface area (Å²) in [4.78, 5) is 32.4. The molecule has 1 amide bonds. The predicted molar refractivity (Wildman–Crippen MR) is 149 cm³/mol. The number of piperazine rings is 1. The van der Waals surface area contributed by atoms with Gasteiger partial charge in [0.1, 0.15) is 17.6 Å². The Morgan fingerprint density at radius 3 is 2.60 bits per heavy atom. The van der Waals surface area contributed by atoms with Gasteiger partial charge >= 0.3 is 12.1 Å². The predicted octanol–water partition coefficient (Wildman–Crippen LogP) is 5.58. The number of hydrogen-bond donors (Lipinski definition) is 0. The number of anilines is 1. The number of carbonyl (C=O) groups is 2. The van der Waals surface area contributed by atoms with Crippen molar-refractivity contribution in [2.75, 3.05) is 24.5 Å². The summed E-state index contributed by atoms with van der Waals surface area (Å²) in [5, 5.41) is 9.32. The molecule has 43 heavy (non-hydrogen) atoms. The second kappa shape index (κ2) is 12.2. The van der Waals surface area contributed by atoms with E-state index in [0.717, 1.165) is 5.69 Å². The molecule has 0 radical (unpaired) electrons. The molecule has 220 valence electrons. The van der Waals surface area contributed by atoms with E-state index in [0.29, 0.717) is 53.6 Å². The molecule has 0 spiro atoms. The van der Waals surface area contributed by atoms with Gasteiger partial charge in [0.25, 0.3) is 0 Å². The molecule has 1 saturated heterocycles.